The monoisotopic (exact) mass is 259 g/mol. The molecule has 3 N–H and O–H groups in total. The van der Waals surface area contributed by atoms with Crippen molar-refractivity contribution in [1.29, 1.82) is 0 Å². The SMILES string of the molecule is CCC(CC)N(CCO)c1snc(N)c1OC. The summed E-state index contributed by atoms with van der Waals surface area (Å²) in [7, 11) is 1.59. The molecule has 5 nitrogen and oxygen atoms in total. The predicted molar refractivity (Wildman–Crippen MR) is 71.9 cm³/mol. The van der Waals surface area contributed by atoms with Crippen LogP contribution in [-0.4, -0.2) is 35.8 Å². The number of methoxy groups -OCH3 is 1. The van der Waals surface area contributed by atoms with Gasteiger partial charge in [-0.3, -0.25) is 0 Å². The minimum atomic E-state index is 0.109. The van der Waals surface area contributed by atoms with Crippen molar-refractivity contribution in [3.8, 4) is 5.75 Å². The van der Waals surface area contributed by atoms with Crippen molar-refractivity contribution in [2.75, 3.05) is 30.9 Å². The van der Waals surface area contributed by atoms with E-state index in [-0.39, 0.29) is 6.61 Å². The topological polar surface area (TPSA) is 71.6 Å². The van der Waals surface area contributed by atoms with Gasteiger partial charge in [-0.2, -0.15) is 4.37 Å². The molecule has 0 aliphatic heterocycles. The van der Waals surface area contributed by atoms with Gasteiger partial charge in [-0.05, 0) is 24.4 Å². The first kappa shape index (κ1) is 14.1. The van der Waals surface area contributed by atoms with E-state index in [9.17, 15) is 5.11 Å². The van der Waals surface area contributed by atoms with E-state index >= 15 is 0 Å². The maximum Gasteiger partial charge on any atom is 0.197 e. The molecule has 0 spiro atoms. The van der Waals surface area contributed by atoms with Gasteiger partial charge in [0.2, 0.25) is 0 Å². The highest BCUT2D eigenvalue weighted by atomic mass is 32.1. The Balaban J connectivity index is 3.03. The summed E-state index contributed by atoms with van der Waals surface area (Å²) in [6.45, 7) is 4.95. The number of hydrogen-bond acceptors (Lipinski definition) is 6. The van der Waals surface area contributed by atoms with Crippen LogP contribution in [-0.2, 0) is 0 Å². The first-order valence-electron chi connectivity index (χ1n) is 5.86. The molecule has 98 valence electrons. The zero-order valence-electron chi connectivity index (χ0n) is 10.6. The molecule has 0 fully saturated rings. The van der Waals surface area contributed by atoms with Crippen molar-refractivity contribution in [3.05, 3.63) is 0 Å². The molecule has 0 aliphatic carbocycles. The highest BCUT2D eigenvalue weighted by molar-refractivity contribution is 7.11. The average molecular weight is 259 g/mol. The normalized spacial score (nSPS) is 10.9. The Hall–Kier alpha value is -1.01. The number of ether oxygens (including phenoxy) is 1. The lowest BCUT2D eigenvalue weighted by Crippen LogP contribution is -2.36. The van der Waals surface area contributed by atoms with E-state index in [1.807, 2.05) is 0 Å². The van der Waals surface area contributed by atoms with Crippen molar-refractivity contribution in [1.82, 2.24) is 4.37 Å². The molecule has 1 aromatic rings. The molecule has 0 saturated heterocycles. The lowest BCUT2D eigenvalue weighted by Gasteiger charge is -2.30. The van der Waals surface area contributed by atoms with Gasteiger partial charge in [0.15, 0.2) is 16.6 Å². The second-order valence-electron chi connectivity index (χ2n) is 3.79. The van der Waals surface area contributed by atoms with E-state index in [4.69, 9.17) is 10.5 Å². The minimum Gasteiger partial charge on any atom is -0.490 e. The summed E-state index contributed by atoms with van der Waals surface area (Å²) in [5, 5.41) is 10.1. The number of rotatable bonds is 7. The van der Waals surface area contributed by atoms with Gasteiger partial charge in [-0.25, -0.2) is 0 Å². The highest BCUT2D eigenvalue weighted by Gasteiger charge is 2.23. The molecule has 0 saturated carbocycles. The lowest BCUT2D eigenvalue weighted by atomic mass is 10.1. The molecule has 1 heterocycles. The quantitative estimate of drug-likeness (QED) is 0.780. The fraction of sp³-hybridized carbons (Fsp3) is 0.727. The van der Waals surface area contributed by atoms with Crippen LogP contribution in [0, 0.1) is 0 Å². The molecule has 17 heavy (non-hydrogen) atoms. The molecule has 0 bridgehead atoms. The number of hydrogen-bond donors (Lipinski definition) is 2. The number of nitrogen functional groups attached to an aromatic ring is 1. The molecule has 0 aromatic carbocycles. The Morgan fingerprint density at radius 1 is 1.47 bits per heavy atom. The molecule has 0 amide bonds. The smallest absolute Gasteiger partial charge is 0.197 e. The van der Waals surface area contributed by atoms with E-state index in [1.54, 1.807) is 7.11 Å². The molecule has 0 aliphatic rings. The Labute approximate surface area is 106 Å². The molecule has 1 aromatic heterocycles. The van der Waals surface area contributed by atoms with Gasteiger partial charge in [0.1, 0.15) is 0 Å². The zero-order valence-corrected chi connectivity index (χ0v) is 11.5. The van der Waals surface area contributed by atoms with Gasteiger partial charge in [-0.1, -0.05) is 13.8 Å². The van der Waals surface area contributed by atoms with Crippen molar-refractivity contribution in [2.24, 2.45) is 0 Å². The van der Waals surface area contributed by atoms with E-state index in [0.29, 0.717) is 24.2 Å². The van der Waals surface area contributed by atoms with Gasteiger partial charge >= 0.3 is 0 Å². The van der Waals surface area contributed by atoms with Gasteiger partial charge in [-0.15, -0.1) is 0 Å². The zero-order chi connectivity index (χ0) is 12.8. The maximum atomic E-state index is 9.18. The van der Waals surface area contributed by atoms with Crippen LogP contribution in [0.1, 0.15) is 26.7 Å². The average Bonchev–Trinajstić information content (AvgIpc) is 2.70. The number of aromatic nitrogens is 1. The number of nitrogens with zero attached hydrogens (tertiary/aromatic N) is 2. The van der Waals surface area contributed by atoms with Crippen LogP contribution < -0.4 is 15.4 Å². The molecule has 1 rings (SSSR count). The van der Waals surface area contributed by atoms with E-state index in [0.717, 1.165) is 17.8 Å². The third kappa shape index (κ3) is 3.01. The summed E-state index contributed by atoms with van der Waals surface area (Å²) >= 11 is 1.32. The summed E-state index contributed by atoms with van der Waals surface area (Å²) in [6, 6.07) is 0.371. The van der Waals surface area contributed by atoms with Crippen LogP contribution in [0.25, 0.3) is 0 Å². The van der Waals surface area contributed by atoms with Crippen LogP contribution in [0.5, 0.6) is 5.75 Å². The van der Waals surface area contributed by atoms with Crippen molar-refractivity contribution < 1.29 is 9.84 Å². The Morgan fingerprint density at radius 3 is 2.59 bits per heavy atom. The maximum absolute atomic E-state index is 9.18. The molecule has 0 atom stereocenters. The van der Waals surface area contributed by atoms with Gasteiger partial charge in [0.25, 0.3) is 0 Å². The second kappa shape index (κ2) is 6.66. The summed E-state index contributed by atoms with van der Waals surface area (Å²) in [6.07, 6.45) is 2.02. The van der Waals surface area contributed by atoms with E-state index < -0.39 is 0 Å². The van der Waals surface area contributed by atoms with Crippen LogP contribution in [0.2, 0.25) is 0 Å². The van der Waals surface area contributed by atoms with Crippen molar-refractivity contribution >= 4 is 22.4 Å². The minimum absolute atomic E-state index is 0.109. The second-order valence-corrected chi connectivity index (χ2v) is 4.55. The van der Waals surface area contributed by atoms with Gasteiger partial charge in [0, 0.05) is 12.6 Å². The van der Waals surface area contributed by atoms with Gasteiger partial charge < -0.3 is 20.5 Å². The standard InChI is InChI=1S/C11H21N3O2S/c1-4-8(5-2)14(6-7-15)11-9(16-3)10(12)13-17-11/h8,15H,4-7H2,1-3H3,(H2,12,13). The molecular formula is C11H21N3O2S. The third-order valence-electron chi connectivity index (χ3n) is 2.85. The molecule has 0 unspecified atom stereocenters. The number of nitrogens with two attached hydrogens (primary N) is 1. The Kier molecular flexibility index (Phi) is 5.50. The lowest BCUT2D eigenvalue weighted by molar-refractivity contribution is 0.295. The summed E-state index contributed by atoms with van der Waals surface area (Å²) < 4.78 is 9.39. The third-order valence-corrected chi connectivity index (χ3v) is 3.73. The van der Waals surface area contributed by atoms with Crippen LogP contribution >= 0.6 is 11.5 Å². The Morgan fingerprint density at radius 2 is 2.12 bits per heavy atom. The van der Waals surface area contributed by atoms with Crippen LogP contribution in [0.3, 0.4) is 0 Å². The predicted octanol–water partition coefficient (Wildman–Crippen LogP) is 1.72. The fourth-order valence-electron chi connectivity index (χ4n) is 1.95. The molecule has 6 heteroatoms. The van der Waals surface area contributed by atoms with E-state index in [2.05, 4.69) is 23.1 Å². The summed E-state index contributed by atoms with van der Waals surface area (Å²) in [4.78, 5) is 2.13. The van der Waals surface area contributed by atoms with E-state index in [1.165, 1.54) is 11.5 Å². The number of aliphatic hydroxyl groups is 1. The first-order chi connectivity index (χ1) is 8.19. The summed E-state index contributed by atoms with van der Waals surface area (Å²) in [5.41, 5.74) is 5.75. The van der Waals surface area contributed by atoms with Crippen LogP contribution in [0.15, 0.2) is 0 Å². The van der Waals surface area contributed by atoms with Crippen LogP contribution in [0.4, 0.5) is 10.8 Å². The highest BCUT2D eigenvalue weighted by Crippen LogP contribution is 2.39. The first-order valence-corrected chi connectivity index (χ1v) is 6.63. The largest absolute Gasteiger partial charge is 0.490 e. The summed E-state index contributed by atoms with van der Waals surface area (Å²) in [5.74, 6) is 1.04. The van der Waals surface area contributed by atoms with Crippen molar-refractivity contribution in [2.45, 2.75) is 32.7 Å². The van der Waals surface area contributed by atoms with Gasteiger partial charge in [0.05, 0.1) is 13.7 Å². The Bertz CT molecular complexity index is 339. The number of aliphatic hydroxyl groups excluding tert-OH is 1. The fourth-order valence-corrected chi connectivity index (χ4v) is 2.83. The molecular weight excluding hydrogens is 238 g/mol. The number of anilines is 2. The molecule has 0 radical (unpaired) electrons. The van der Waals surface area contributed by atoms with Crippen molar-refractivity contribution in [3.63, 3.8) is 0 Å².